The van der Waals surface area contributed by atoms with Gasteiger partial charge in [-0.1, -0.05) is 6.07 Å². The molecule has 2 bridgehead atoms. The molecule has 1 saturated carbocycles. The lowest BCUT2D eigenvalue weighted by atomic mass is 9.91. The second-order valence-electron chi connectivity index (χ2n) is 5.13. The van der Waals surface area contributed by atoms with Gasteiger partial charge >= 0.3 is 6.18 Å². The number of hydrogen-bond donors (Lipinski definition) is 1. The number of anilines is 1. The first-order chi connectivity index (χ1) is 8.45. The van der Waals surface area contributed by atoms with Crippen molar-refractivity contribution in [2.24, 2.45) is 11.7 Å². The molecule has 98 valence electrons. The summed E-state index contributed by atoms with van der Waals surface area (Å²) >= 11 is 0. The molecule has 0 aromatic carbocycles. The summed E-state index contributed by atoms with van der Waals surface area (Å²) in [7, 11) is 0. The van der Waals surface area contributed by atoms with Crippen molar-refractivity contribution in [3.05, 3.63) is 24.4 Å². The number of hydrogen-bond acceptors (Lipinski definition) is 3. The summed E-state index contributed by atoms with van der Waals surface area (Å²) < 4.78 is 40.4. The molecule has 0 spiro atoms. The number of fused-ring (bicyclic) bond motifs is 2. The summed E-state index contributed by atoms with van der Waals surface area (Å²) in [4.78, 5) is 5.40. The van der Waals surface area contributed by atoms with Crippen LogP contribution >= 0.6 is 0 Å². The molecule has 3 atom stereocenters. The number of halogens is 3. The maximum absolute atomic E-state index is 13.5. The molecule has 1 aromatic rings. The molecule has 2 heterocycles. The first-order valence-corrected chi connectivity index (χ1v) is 5.96. The van der Waals surface area contributed by atoms with Crippen LogP contribution in [0.5, 0.6) is 0 Å². The van der Waals surface area contributed by atoms with Crippen LogP contribution in [0.15, 0.2) is 24.4 Å². The van der Waals surface area contributed by atoms with Crippen molar-refractivity contribution in [3.63, 3.8) is 0 Å². The Morgan fingerprint density at radius 2 is 2.17 bits per heavy atom. The lowest BCUT2D eigenvalue weighted by molar-refractivity contribution is -0.186. The fourth-order valence-electron chi connectivity index (χ4n) is 3.39. The van der Waals surface area contributed by atoms with Crippen LogP contribution in [0.3, 0.4) is 0 Å². The molecule has 2 aliphatic rings. The minimum atomic E-state index is -4.32. The third kappa shape index (κ3) is 1.38. The van der Waals surface area contributed by atoms with Crippen LogP contribution in [-0.4, -0.2) is 29.3 Å². The quantitative estimate of drug-likeness (QED) is 0.836. The first-order valence-electron chi connectivity index (χ1n) is 5.96. The van der Waals surface area contributed by atoms with Crippen LogP contribution in [0.2, 0.25) is 0 Å². The van der Waals surface area contributed by atoms with E-state index in [0.29, 0.717) is 18.8 Å². The molecule has 0 radical (unpaired) electrons. The van der Waals surface area contributed by atoms with Gasteiger partial charge in [0.15, 0.2) is 5.54 Å². The topological polar surface area (TPSA) is 42.1 Å². The molecular weight excluding hydrogens is 243 g/mol. The zero-order chi connectivity index (χ0) is 13.0. The van der Waals surface area contributed by atoms with Gasteiger partial charge in [0, 0.05) is 18.8 Å². The molecule has 1 aliphatic carbocycles. The lowest BCUT2D eigenvalue weighted by Gasteiger charge is -2.44. The Balaban J connectivity index is 2.06. The third-order valence-electron chi connectivity index (χ3n) is 4.14. The molecule has 18 heavy (non-hydrogen) atoms. The number of aromatic nitrogens is 1. The molecule has 1 saturated heterocycles. The van der Waals surface area contributed by atoms with Crippen molar-refractivity contribution in [2.45, 2.75) is 30.6 Å². The van der Waals surface area contributed by atoms with E-state index in [4.69, 9.17) is 5.73 Å². The van der Waals surface area contributed by atoms with Gasteiger partial charge in [-0.25, -0.2) is 4.98 Å². The maximum atomic E-state index is 13.5. The van der Waals surface area contributed by atoms with Gasteiger partial charge < -0.3 is 10.6 Å². The Morgan fingerprint density at radius 1 is 1.39 bits per heavy atom. The molecular formula is C12H14F3N3. The van der Waals surface area contributed by atoms with Crippen molar-refractivity contribution < 1.29 is 13.2 Å². The van der Waals surface area contributed by atoms with Crippen LogP contribution in [-0.2, 0) is 0 Å². The zero-order valence-electron chi connectivity index (χ0n) is 9.69. The molecule has 1 aliphatic heterocycles. The standard InChI is InChI=1S/C12H14F3N3/c13-12(14,15)11-6-8(5-9(11)16)7-18(11)10-3-1-2-4-17-10/h1-4,8-9H,5-7,16H2. The molecule has 6 heteroatoms. The number of nitrogens with two attached hydrogens (primary N) is 1. The van der Waals surface area contributed by atoms with Crippen LogP contribution in [0, 0.1) is 5.92 Å². The number of pyridine rings is 1. The molecule has 0 amide bonds. The number of rotatable bonds is 1. The predicted octanol–water partition coefficient (Wildman–Crippen LogP) is 1.94. The summed E-state index contributed by atoms with van der Waals surface area (Å²) in [6, 6.07) is 4.14. The fourth-order valence-corrected chi connectivity index (χ4v) is 3.39. The van der Waals surface area contributed by atoms with Crippen LogP contribution in [0.4, 0.5) is 19.0 Å². The Kier molecular flexibility index (Phi) is 2.35. The van der Waals surface area contributed by atoms with Gasteiger partial charge in [0.2, 0.25) is 0 Å². The number of piperidine rings is 1. The van der Waals surface area contributed by atoms with E-state index < -0.39 is 17.8 Å². The molecule has 3 rings (SSSR count). The highest BCUT2D eigenvalue weighted by Gasteiger charge is 2.69. The summed E-state index contributed by atoms with van der Waals surface area (Å²) in [5.74, 6) is 0.385. The Labute approximate surface area is 103 Å². The highest BCUT2D eigenvalue weighted by Crippen LogP contribution is 2.54. The van der Waals surface area contributed by atoms with Gasteiger partial charge in [-0.2, -0.15) is 13.2 Å². The lowest BCUT2D eigenvalue weighted by Crippen LogP contribution is -2.65. The maximum Gasteiger partial charge on any atom is 0.413 e. The first kappa shape index (κ1) is 11.8. The molecule has 2 fully saturated rings. The average Bonchev–Trinajstić information content (AvgIpc) is 2.84. The minimum absolute atomic E-state index is 0.0173. The zero-order valence-corrected chi connectivity index (χ0v) is 9.69. The summed E-state index contributed by atoms with van der Waals surface area (Å²) in [5.41, 5.74) is 3.85. The normalized spacial score (nSPS) is 35.2. The summed E-state index contributed by atoms with van der Waals surface area (Å²) in [5, 5.41) is 0. The molecule has 3 nitrogen and oxygen atoms in total. The summed E-state index contributed by atoms with van der Waals surface area (Å²) in [6.07, 6.45) is -2.27. The number of alkyl halides is 3. The number of nitrogens with zero attached hydrogens (tertiary/aromatic N) is 2. The van der Waals surface area contributed by atoms with Crippen LogP contribution in [0.25, 0.3) is 0 Å². The fraction of sp³-hybridized carbons (Fsp3) is 0.583. The van der Waals surface area contributed by atoms with Gasteiger partial charge in [0.05, 0.1) is 0 Å². The van der Waals surface area contributed by atoms with Crippen LogP contribution < -0.4 is 10.6 Å². The highest BCUT2D eigenvalue weighted by atomic mass is 19.4. The van der Waals surface area contributed by atoms with E-state index >= 15 is 0 Å². The Morgan fingerprint density at radius 3 is 2.72 bits per heavy atom. The SMILES string of the molecule is NC1CC2CN(c3ccccn3)C1(C(F)(F)F)C2. The van der Waals surface area contributed by atoms with E-state index in [0.717, 1.165) is 0 Å². The Bertz CT molecular complexity index is 448. The van der Waals surface area contributed by atoms with Crippen molar-refractivity contribution in [2.75, 3.05) is 11.4 Å². The largest absolute Gasteiger partial charge is 0.413 e. The highest BCUT2D eigenvalue weighted by molar-refractivity contribution is 5.48. The van der Waals surface area contributed by atoms with E-state index in [-0.39, 0.29) is 12.3 Å². The van der Waals surface area contributed by atoms with Gasteiger partial charge in [0.1, 0.15) is 5.82 Å². The van der Waals surface area contributed by atoms with Crippen molar-refractivity contribution in [1.82, 2.24) is 4.98 Å². The van der Waals surface area contributed by atoms with Gasteiger partial charge in [0.25, 0.3) is 0 Å². The van der Waals surface area contributed by atoms with E-state index in [2.05, 4.69) is 4.98 Å². The van der Waals surface area contributed by atoms with Gasteiger partial charge in [-0.3, -0.25) is 0 Å². The average molecular weight is 257 g/mol. The smallest absolute Gasteiger partial charge is 0.341 e. The molecule has 2 N–H and O–H groups in total. The van der Waals surface area contributed by atoms with Crippen molar-refractivity contribution >= 4 is 5.82 Å². The van der Waals surface area contributed by atoms with E-state index in [1.807, 2.05) is 0 Å². The van der Waals surface area contributed by atoms with E-state index in [9.17, 15) is 13.2 Å². The van der Waals surface area contributed by atoms with E-state index in [1.54, 1.807) is 18.2 Å². The monoisotopic (exact) mass is 257 g/mol. The second kappa shape index (κ2) is 3.60. The molecule has 3 unspecified atom stereocenters. The van der Waals surface area contributed by atoms with Crippen molar-refractivity contribution in [3.8, 4) is 0 Å². The van der Waals surface area contributed by atoms with Gasteiger partial charge in [-0.15, -0.1) is 0 Å². The predicted molar refractivity (Wildman–Crippen MR) is 61.1 cm³/mol. The van der Waals surface area contributed by atoms with Crippen molar-refractivity contribution in [1.29, 1.82) is 0 Å². The summed E-state index contributed by atoms with van der Waals surface area (Å²) in [6.45, 7) is 0.393. The van der Waals surface area contributed by atoms with Crippen LogP contribution in [0.1, 0.15) is 12.8 Å². The van der Waals surface area contributed by atoms with E-state index in [1.165, 1.54) is 11.1 Å². The van der Waals surface area contributed by atoms with Gasteiger partial charge in [-0.05, 0) is 30.9 Å². The minimum Gasteiger partial charge on any atom is -0.341 e. The Hall–Kier alpha value is -1.30. The second-order valence-corrected chi connectivity index (χ2v) is 5.13. The third-order valence-corrected chi connectivity index (χ3v) is 4.14. The molecule has 1 aromatic heterocycles.